The van der Waals surface area contributed by atoms with Gasteiger partial charge >= 0.3 is 5.97 Å². The Morgan fingerprint density at radius 3 is 2.39 bits per heavy atom. The summed E-state index contributed by atoms with van der Waals surface area (Å²) in [7, 11) is 0. The molecule has 1 heterocycles. The van der Waals surface area contributed by atoms with Crippen LogP contribution in [0.25, 0.3) is 10.8 Å². The van der Waals surface area contributed by atoms with Gasteiger partial charge in [0, 0.05) is 33.9 Å². The molecule has 3 rings (SSSR count). The van der Waals surface area contributed by atoms with E-state index in [0.717, 1.165) is 22.2 Å². The molecule has 0 spiro atoms. The zero-order valence-corrected chi connectivity index (χ0v) is 16.4. The highest BCUT2D eigenvalue weighted by atomic mass is 16.5. The van der Waals surface area contributed by atoms with Crippen LogP contribution >= 0.6 is 0 Å². The zero-order valence-electron chi connectivity index (χ0n) is 16.4. The number of carboxylic acids is 1. The van der Waals surface area contributed by atoms with E-state index in [4.69, 9.17) is 9.84 Å². The van der Waals surface area contributed by atoms with Crippen molar-refractivity contribution in [2.45, 2.75) is 33.7 Å². The van der Waals surface area contributed by atoms with Gasteiger partial charge in [0.2, 0.25) is 0 Å². The molecule has 28 heavy (non-hydrogen) atoms. The Bertz CT molecular complexity index is 1050. The number of hydrogen-bond acceptors (Lipinski definition) is 3. The largest absolute Gasteiger partial charge is 0.481 e. The van der Waals surface area contributed by atoms with Crippen LogP contribution in [0, 0.1) is 13.8 Å². The fraction of sp³-hybridized carbons (Fsp3) is 0.273. The molecular weight excluding hydrogens is 356 g/mol. The Labute approximate surface area is 163 Å². The van der Waals surface area contributed by atoms with Crippen molar-refractivity contribution in [1.82, 2.24) is 4.57 Å². The number of carbonyl (C=O) groups is 2. The lowest BCUT2D eigenvalue weighted by molar-refractivity contribution is -0.139. The van der Waals surface area contributed by atoms with E-state index in [9.17, 15) is 9.59 Å². The number of carbonyl (C=O) groups excluding carboxylic acids is 1. The number of amides is 1. The molecule has 0 bridgehead atoms. The minimum atomic E-state index is -1.04. The van der Waals surface area contributed by atoms with Crippen LogP contribution in [0.2, 0.25) is 0 Å². The van der Waals surface area contributed by atoms with Crippen LogP contribution in [0.15, 0.2) is 42.5 Å². The third-order valence-corrected chi connectivity index (χ3v) is 4.73. The number of ether oxygens (including phenoxy) is 1. The van der Waals surface area contributed by atoms with Crippen molar-refractivity contribution in [1.29, 1.82) is 0 Å². The highest BCUT2D eigenvalue weighted by Gasteiger charge is 2.18. The number of benzene rings is 2. The van der Waals surface area contributed by atoms with Gasteiger partial charge in [0.05, 0.1) is 5.56 Å². The van der Waals surface area contributed by atoms with Gasteiger partial charge in [-0.15, -0.1) is 0 Å². The van der Waals surface area contributed by atoms with Crippen LogP contribution in [-0.4, -0.2) is 28.2 Å². The normalized spacial score (nSPS) is 11.0. The first-order valence-electron chi connectivity index (χ1n) is 9.15. The second-order valence-electron chi connectivity index (χ2n) is 7.04. The zero-order chi connectivity index (χ0) is 20.4. The number of carboxylic acid groups (broad SMARTS) is 1. The summed E-state index contributed by atoms with van der Waals surface area (Å²) < 4.78 is 7.51. The first kappa shape index (κ1) is 19.5. The summed E-state index contributed by atoms with van der Waals surface area (Å²) in [6.45, 7) is 7.70. The topological polar surface area (TPSA) is 80.6 Å². The van der Waals surface area contributed by atoms with E-state index in [0.29, 0.717) is 17.0 Å². The van der Waals surface area contributed by atoms with Crippen molar-refractivity contribution >= 4 is 28.3 Å². The first-order chi connectivity index (χ1) is 13.3. The lowest BCUT2D eigenvalue weighted by atomic mass is 10.1. The standard InChI is InChI=1S/C22H24N2O4/c1-13(2)24-14(3)11-18(15(24)4)22(27)23-19-9-10-20(28-12-21(25)26)17-8-6-5-7-16(17)19/h5-11,13H,12H2,1-4H3,(H,23,27)(H,25,26). The smallest absolute Gasteiger partial charge is 0.341 e. The molecule has 146 valence electrons. The van der Waals surface area contributed by atoms with E-state index in [1.54, 1.807) is 12.1 Å². The van der Waals surface area contributed by atoms with Crippen LogP contribution in [0.5, 0.6) is 5.75 Å². The van der Waals surface area contributed by atoms with Gasteiger partial charge in [0.15, 0.2) is 6.61 Å². The number of hydrogen-bond donors (Lipinski definition) is 2. The summed E-state index contributed by atoms with van der Waals surface area (Å²) in [6.07, 6.45) is 0. The second-order valence-corrected chi connectivity index (χ2v) is 7.04. The number of aliphatic carboxylic acids is 1. The molecule has 0 saturated heterocycles. The van der Waals surface area contributed by atoms with Crippen LogP contribution in [0.1, 0.15) is 41.6 Å². The van der Waals surface area contributed by atoms with Gasteiger partial charge in [-0.25, -0.2) is 4.79 Å². The lowest BCUT2D eigenvalue weighted by Gasteiger charge is -2.14. The average Bonchev–Trinajstić information content (AvgIpc) is 2.95. The van der Waals surface area contributed by atoms with Crippen molar-refractivity contribution in [3.05, 3.63) is 59.4 Å². The second kappa shape index (κ2) is 7.76. The molecule has 0 atom stereocenters. The van der Waals surface area contributed by atoms with Crippen molar-refractivity contribution in [3.8, 4) is 5.75 Å². The van der Waals surface area contributed by atoms with E-state index < -0.39 is 12.6 Å². The number of nitrogens with one attached hydrogen (secondary N) is 1. The summed E-state index contributed by atoms with van der Waals surface area (Å²) in [5, 5.41) is 13.4. The Morgan fingerprint density at radius 2 is 1.79 bits per heavy atom. The molecule has 0 radical (unpaired) electrons. The van der Waals surface area contributed by atoms with E-state index in [-0.39, 0.29) is 11.9 Å². The van der Waals surface area contributed by atoms with E-state index in [1.807, 2.05) is 44.2 Å². The highest BCUT2D eigenvalue weighted by molar-refractivity contribution is 6.10. The summed E-state index contributed by atoms with van der Waals surface area (Å²) in [5.41, 5.74) is 3.26. The minimum Gasteiger partial charge on any atom is -0.481 e. The third-order valence-electron chi connectivity index (χ3n) is 4.73. The number of aromatic nitrogens is 1. The van der Waals surface area contributed by atoms with Gasteiger partial charge in [-0.2, -0.15) is 0 Å². The molecular formula is C22H24N2O4. The molecule has 2 N–H and O–H groups in total. The maximum absolute atomic E-state index is 12.9. The maximum atomic E-state index is 12.9. The Balaban J connectivity index is 1.95. The van der Waals surface area contributed by atoms with Crippen LogP contribution in [0.3, 0.4) is 0 Å². The van der Waals surface area contributed by atoms with E-state index in [1.165, 1.54) is 0 Å². The summed E-state index contributed by atoms with van der Waals surface area (Å²) in [6, 6.07) is 13.0. The summed E-state index contributed by atoms with van der Waals surface area (Å²) in [4.78, 5) is 23.7. The van der Waals surface area contributed by atoms with Crippen molar-refractivity contribution in [2.75, 3.05) is 11.9 Å². The number of rotatable bonds is 6. The Morgan fingerprint density at radius 1 is 1.11 bits per heavy atom. The minimum absolute atomic E-state index is 0.177. The van der Waals surface area contributed by atoms with Gasteiger partial charge in [-0.1, -0.05) is 24.3 Å². The third kappa shape index (κ3) is 3.71. The molecule has 0 aliphatic rings. The van der Waals surface area contributed by atoms with E-state index in [2.05, 4.69) is 23.7 Å². The summed E-state index contributed by atoms with van der Waals surface area (Å²) >= 11 is 0. The van der Waals surface area contributed by atoms with Crippen molar-refractivity contribution < 1.29 is 19.4 Å². The Kier molecular flexibility index (Phi) is 5.40. The molecule has 0 aliphatic carbocycles. The molecule has 6 heteroatoms. The molecule has 1 amide bonds. The van der Waals surface area contributed by atoms with Gasteiger partial charge in [-0.3, -0.25) is 4.79 Å². The van der Waals surface area contributed by atoms with Gasteiger partial charge in [0.25, 0.3) is 5.91 Å². The average molecular weight is 380 g/mol. The van der Waals surface area contributed by atoms with Crippen molar-refractivity contribution in [2.24, 2.45) is 0 Å². The van der Waals surface area contributed by atoms with Crippen LogP contribution in [0.4, 0.5) is 5.69 Å². The lowest BCUT2D eigenvalue weighted by Crippen LogP contribution is -2.14. The van der Waals surface area contributed by atoms with Gasteiger partial charge < -0.3 is 19.7 Å². The number of anilines is 1. The molecule has 2 aromatic carbocycles. The van der Waals surface area contributed by atoms with Crippen molar-refractivity contribution in [3.63, 3.8) is 0 Å². The maximum Gasteiger partial charge on any atom is 0.341 e. The first-order valence-corrected chi connectivity index (χ1v) is 9.15. The number of fused-ring (bicyclic) bond motifs is 1. The van der Waals surface area contributed by atoms with E-state index >= 15 is 0 Å². The monoisotopic (exact) mass is 380 g/mol. The molecule has 1 aromatic heterocycles. The van der Waals surface area contributed by atoms with Gasteiger partial charge in [-0.05, 0) is 45.9 Å². The molecule has 0 aliphatic heterocycles. The van der Waals surface area contributed by atoms with Crippen LogP contribution < -0.4 is 10.1 Å². The molecule has 0 fully saturated rings. The molecule has 6 nitrogen and oxygen atoms in total. The predicted octanol–water partition coefficient (Wildman–Crippen LogP) is 4.55. The summed E-state index contributed by atoms with van der Waals surface area (Å²) in [5.74, 6) is -0.750. The van der Waals surface area contributed by atoms with Gasteiger partial charge in [0.1, 0.15) is 5.75 Å². The highest BCUT2D eigenvalue weighted by Crippen LogP contribution is 2.32. The number of nitrogens with zero attached hydrogens (tertiary/aromatic N) is 1. The molecule has 0 unspecified atom stereocenters. The van der Waals surface area contributed by atoms with Crippen LogP contribution in [-0.2, 0) is 4.79 Å². The quantitative estimate of drug-likeness (QED) is 0.657. The molecule has 0 saturated carbocycles. The number of aryl methyl sites for hydroxylation is 1. The SMILES string of the molecule is Cc1cc(C(=O)Nc2ccc(OCC(=O)O)c3ccccc23)c(C)n1C(C)C. The fourth-order valence-electron chi connectivity index (χ4n) is 3.64. The molecule has 3 aromatic rings. The fourth-order valence-corrected chi connectivity index (χ4v) is 3.64. The predicted molar refractivity (Wildman–Crippen MR) is 109 cm³/mol. The Hall–Kier alpha value is -3.28.